The second kappa shape index (κ2) is 6.89. The molecule has 0 unspecified atom stereocenters. The fraction of sp³-hybridized carbons (Fsp3) is 0.333. The molecule has 0 aliphatic carbocycles. The topological polar surface area (TPSA) is 73.5 Å². The van der Waals surface area contributed by atoms with Crippen LogP contribution in [-0.2, 0) is 4.79 Å². The van der Waals surface area contributed by atoms with Crippen LogP contribution < -0.4 is 15.6 Å². The summed E-state index contributed by atoms with van der Waals surface area (Å²) in [4.78, 5) is 24.6. The molecule has 1 aliphatic heterocycles. The average molecular weight is 280 g/mol. The molecule has 3 amide bonds. The highest BCUT2D eigenvalue weighted by Crippen LogP contribution is 2.18. The first-order valence-corrected chi connectivity index (χ1v) is 6.88. The highest BCUT2D eigenvalue weighted by Gasteiger charge is 2.17. The molecule has 1 aromatic rings. The Morgan fingerprint density at radius 3 is 2.53 bits per heavy atom. The van der Waals surface area contributed by atoms with E-state index in [0.717, 1.165) is 36.5 Å². The number of anilines is 1. The summed E-state index contributed by atoms with van der Waals surface area (Å²) in [5.41, 5.74) is 5.85. The van der Waals surface area contributed by atoms with Crippen molar-refractivity contribution in [3.05, 3.63) is 24.3 Å². The van der Waals surface area contributed by atoms with Crippen molar-refractivity contribution in [2.24, 2.45) is 0 Å². The van der Waals surface area contributed by atoms with E-state index in [1.807, 2.05) is 29.2 Å². The molecule has 0 atom stereocenters. The van der Waals surface area contributed by atoms with Gasteiger partial charge >= 0.3 is 6.03 Å². The van der Waals surface area contributed by atoms with Gasteiger partial charge in [-0.2, -0.15) is 0 Å². The largest absolute Gasteiger partial charge is 0.327 e. The molecule has 1 fully saturated rings. The lowest BCUT2D eigenvalue weighted by molar-refractivity contribution is -0.109. The minimum absolute atomic E-state index is 0.0349. The molecule has 1 heterocycles. The maximum absolute atomic E-state index is 11.8. The number of rotatable bonds is 5. The van der Waals surface area contributed by atoms with Gasteiger partial charge in [-0.05, 0) is 49.1 Å². The quantitative estimate of drug-likeness (QED) is 0.435. The molecule has 1 aromatic carbocycles. The Hall–Kier alpha value is -1.89. The molecule has 1 saturated heterocycles. The molecule has 0 bridgehead atoms. The van der Waals surface area contributed by atoms with Crippen LogP contribution in [0.1, 0.15) is 12.8 Å². The van der Waals surface area contributed by atoms with Crippen LogP contribution in [0.15, 0.2) is 29.2 Å². The molecule has 19 heavy (non-hydrogen) atoms. The van der Waals surface area contributed by atoms with Crippen molar-refractivity contribution in [1.29, 1.82) is 0 Å². The van der Waals surface area contributed by atoms with Crippen LogP contribution in [0, 0.1) is 0 Å². The van der Waals surface area contributed by atoms with E-state index in [9.17, 15) is 9.59 Å². The maximum Gasteiger partial charge on any atom is 0.327 e. The van der Waals surface area contributed by atoms with Gasteiger partial charge in [0.1, 0.15) is 0 Å². The van der Waals surface area contributed by atoms with Gasteiger partial charge in [0.25, 0.3) is 0 Å². The molecule has 6 nitrogen and oxygen atoms in total. The normalized spacial score (nSPS) is 14.0. The SMILES string of the molecule is O=CNNc1ccc(SNC(=O)N2CCCC2)cc1. The van der Waals surface area contributed by atoms with E-state index in [1.54, 1.807) is 0 Å². The molecule has 0 aromatic heterocycles. The summed E-state index contributed by atoms with van der Waals surface area (Å²) in [5, 5.41) is 0. The van der Waals surface area contributed by atoms with Crippen LogP contribution in [0.25, 0.3) is 0 Å². The van der Waals surface area contributed by atoms with E-state index >= 15 is 0 Å². The van der Waals surface area contributed by atoms with Gasteiger partial charge in [0.15, 0.2) is 0 Å². The van der Waals surface area contributed by atoms with Gasteiger partial charge in [-0.15, -0.1) is 0 Å². The lowest BCUT2D eigenvalue weighted by atomic mass is 10.3. The summed E-state index contributed by atoms with van der Waals surface area (Å²) in [5.74, 6) is 0. The van der Waals surface area contributed by atoms with Gasteiger partial charge in [0.05, 0.1) is 5.69 Å². The maximum atomic E-state index is 11.8. The minimum Gasteiger partial charge on any atom is -0.324 e. The van der Waals surface area contributed by atoms with Crippen molar-refractivity contribution < 1.29 is 9.59 Å². The Morgan fingerprint density at radius 1 is 1.21 bits per heavy atom. The number of amides is 3. The molecule has 0 spiro atoms. The van der Waals surface area contributed by atoms with Crippen LogP contribution in [0.3, 0.4) is 0 Å². The van der Waals surface area contributed by atoms with E-state index < -0.39 is 0 Å². The van der Waals surface area contributed by atoms with Crippen LogP contribution in [0.4, 0.5) is 10.5 Å². The van der Waals surface area contributed by atoms with E-state index in [4.69, 9.17) is 0 Å². The number of benzene rings is 1. The third-order valence-corrected chi connectivity index (χ3v) is 3.56. The molecular formula is C12H16N4O2S. The zero-order valence-electron chi connectivity index (χ0n) is 10.4. The first kappa shape index (κ1) is 13.5. The van der Waals surface area contributed by atoms with Crippen LogP contribution in [-0.4, -0.2) is 30.4 Å². The minimum atomic E-state index is -0.0349. The summed E-state index contributed by atoms with van der Waals surface area (Å²) >= 11 is 1.29. The van der Waals surface area contributed by atoms with Crippen LogP contribution in [0.5, 0.6) is 0 Å². The monoisotopic (exact) mass is 280 g/mol. The zero-order valence-corrected chi connectivity index (χ0v) is 11.2. The number of likely N-dealkylation sites (tertiary alicyclic amines) is 1. The first-order valence-electron chi connectivity index (χ1n) is 6.06. The van der Waals surface area contributed by atoms with Crippen molar-refractivity contribution in [3.8, 4) is 0 Å². The van der Waals surface area contributed by atoms with Gasteiger partial charge in [0.2, 0.25) is 6.41 Å². The summed E-state index contributed by atoms with van der Waals surface area (Å²) in [6, 6.07) is 7.34. The number of hydrogen-bond donors (Lipinski definition) is 3. The standard InChI is InChI=1S/C12H16N4O2S/c17-9-13-14-10-3-5-11(6-4-10)19-15-12(18)16-7-1-2-8-16/h3-6,9,14H,1-2,7-8H2,(H,13,17)(H,15,18). The number of carbonyl (C=O) groups is 2. The summed E-state index contributed by atoms with van der Waals surface area (Å²) in [6.45, 7) is 1.68. The predicted molar refractivity (Wildman–Crippen MR) is 74.5 cm³/mol. The third kappa shape index (κ3) is 4.06. The molecule has 0 saturated carbocycles. The Kier molecular flexibility index (Phi) is 4.91. The summed E-state index contributed by atoms with van der Waals surface area (Å²) < 4.78 is 2.81. The number of urea groups is 1. The smallest absolute Gasteiger partial charge is 0.324 e. The van der Waals surface area contributed by atoms with Crippen molar-refractivity contribution in [3.63, 3.8) is 0 Å². The van der Waals surface area contributed by atoms with Crippen molar-refractivity contribution >= 4 is 30.1 Å². The summed E-state index contributed by atoms with van der Waals surface area (Å²) in [7, 11) is 0. The Morgan fingerprint density at radius 2 is 1.89 bits per heavy atom. The Bertz CT molecular complexity index is 432. The van der Waals surface area contributed by atoms with Gasteiger partial charge in [-0.1, -0.05) is 0 Å². The molecular weight excluding hydrogens is 264 g/mol. The second-order valence-corrected chi connectivity index (χ2v) is 4.99. The number of nitrogens with zero attached hydrogens (tertiary/aromatic N) is 1. The highest BCUT2D eigenvalue weighted by atomic mass is 32.2. The third-order valence-electron chi connectivity index (χ3n) is 2.78. The molecule has 1 aliphatic rings. The zero-order chi connectivity index (χ0) is 13.5. The Labute approximate surface area is 116 Å². The van der Waals surface area contributed by atoms with E-state index in [0.29, 0.717) is 6.41 Å². The van der Waals surface area contributed by atoms with Gasteiger partial charge in [-0.3, -0.25) is 20.4 Å². The summed E-state index contributed by atoms with van der Waals surface area (Å²) in [6.07, 6.45) is 2.74. The number of nitrogens with one attached hydrogen (secondary N) is 3. The fourth-order valence-electron chi connectivity index (χ4n) is 1.81. The fourth-order valence-corrected chi connectivity index (χ4v) is 2.41. The Balaban J connectivity index is 1.79. The lowest BCUT2D eigenvalue weighted by Gasteiger charge is -2.15. The predicted octanol–water partition coefficient (Wildman–Crippen LogP) is 1.57. The number of carbonyl (C=O) groups excluding carboxylic acids is 2. The van der Waals surface area contributed by atoms with Crippen LogP contribution in [0.2, 0.25) is 0 Å². The van der Waals surface area contributed by atoms with Crippen LogP contribution >= 0.6 is 11.9 Å². The molecule has 7 heteroatoms. The van der Waals surface area contributed by atoms with Gasteiger partial charge in [-0.25, -0.2) is 4.79 Å². The van der Waals surface area contributed by atoms with Crippen molar-refractivity contribution in [1.82, 2.24) is 15.0 Å². The lowest BCUT2D eigenvalue weighted by Crippen LogP contribution is -2.34. The number of hydrazine groups is 1. The molecule has 3 N–H and O–H groups in total. The van der Waals surface area contributed by atoms with Gasteiger partial charge in [0, 0.05) is 18.0 Å². The van der Waals surface area contributed by atoms with Crippen molar-refractivity contribution in [2.45, 2.75) is 17.7 Å². The first-order chi connectivity index (χ1) is 9.29. The molecule has 0 radical (unpaired) electrons. The van der Waals surface area contributed by atoms with Gasteiger partial charge < -0.3 is 4.90 Å². The second-order valence-electron chi connectivity index (χ2n) is 4.11. The highest BCUT2D eigenvalue weighted by molar-refractivity contribution is 7.98. The number of hydrogen-bond acceptors (Lipinski definition) is 4. The van der Waals surface area contributed by atoms with Crippen molar-refractivity contribution in [2.75, 3.05) is 18.5 Å². The van der Waals surface area contributed by atoms with E-state index in [1.165, 1.54) is 11.9 Å². The average Bonchev–Trinajstić information content (AvgIpc) is 2.98. The molecule has 102 valence electrons. The van der Waals surface area contributed by atoms with E-state index in [-0.39, 0.29) is 6.03 Å². The van der Waals surface area contributed by atoms with E-state index in [2.05, 4.69) is 15.6 Å². The molecule has 2 rings (SSSR count).